The summed E-state index contributed by atoms with van der Waals surface area (Å²) >= 11 is 0. The van der Waals surface area contributed by atoms with Crippen LogP contribution in [0.4, 0.5) is 11.4 Å². The Hall–Kier alpha value is -2.30. The van der Waals surface area contributed by atoms with E-state index in [-0.39, 0.29) is 11.8 Å². The minimum Gasteiger partial charge on any atom is -0.370 e. The molecule has 1 fully saturated rings. The van der Waals surface area contributed by atoms with Gasteiger partial charge in [-0.25, -0.2) is 0 Å². The first-order chi connectivity index (χ1) is 11.1. The first-order valence-electron chi connectivity index (χ1n) is 8.30. The summed E-state index contributed by atoms with van der Waals surface area (Å²) in [5.74, 6) is -0.450. The van der Waals surface area contributed by atoms with Crippen molar-refractivity contribution in [3.8, 4) is 0 Å². The maximum atomic E-state index is 12.5. The van der Waals surface area contributed by atoms with Crippen LogP contribution in [0, 0.1) is 5.92 Å². The van der Waals surface area contributed by atoms with Crippen LogP contribution in [0.1, 0.15) is 42.5 Å². The smallest absolute Gasteiger partial charge is 0.248 e. The summed E-state index contributed by atoms with van der Waals surface area (Å²) in [5, 5.41) is 3.03. The lowest BCUT2D eigenvalue weighted by molar-refractivity contribution is -0.120. The van der Waals surface area contributed by atoms with Crippen molar-refractivity contribution in [3.05, 3.63) is 35.9 Å². The molecule has 5 heteroatoms. The Morgan fingerprint density at radius 2 is 1.96 bits per heavy atom. The van der Waals surface area contributed by atoms with Crippen molar-refractivity contribution in [2.24, 2.45) is 11.7 Å². The fraction of sp³-hybridized carbons (Fsp3) is 0.444. The SMILES string of the molecule is NC(=O)c1ccc(N2CCCC2)c(NC(=O)C2CC=CCC2)c1. The minimum absolute atomic E-state index is 0.00339. The van der Waals surface area contributed by atoms with E-state index in [9.17, 15) is 9.59 Å². The molecule has 3 rings (SSSR count). The van der Waals surface area contributed by atoms with Gasteiger partial charge in [0.25, 0.3) is 0 Å². The van der Waals surface area contributed by atoms with Gasteiger partial charge in [0.1, 0.15) is 0 Å². The highest BCUT2D eigenvalue weighted by molar-refractivity contribution is 6.00. The zero-order chi connectivity index (χ0) is 16.2. The molecule has 1 aromatic carbocycles. The number of hydrogen-bond donors (Lipinski definition) is 2. The van der Waals surface area contributed by atoms with Crippen molar-refractivity contribution < 1.29 is 9.59 Å². The number of hydrogen-bond acceptors (Lipinski definition) is 3. The normalized spacial score (nSPS) is 20.5. The summed E-state index contributed by atoms with van der Waals surface area (Å²) in [6.07, 6.45) is 9.08. The Labute approximate surface area is 136 Å². The van der Waals surface area contributed by atoms with Gasteiger partial charge < -0.3 is 16.0 Å². The third-order valence-corrected chi connectivity index (χ3v) is 4.63. The molecule has 1 unspecified atom stereocenters. The maximum Gasteiger partial charge on any atom is 0.248 e. The van der Waals surface area contributed by atoms with Crippen LogP contribution in [-0.2, 0) is 4.79 Å². The topological polar surface area (TPSA) is 75.4 Å². The fourth-order valence-electron chi connectivity index (χ4n) is 3.29. The highest BCUT2D eigenvalue weighted by Crippen LogP contribution is 2.31. The number of rotatable bonds is 4. The fourth-order valence-corrected chi connectivity index (χ4v) is 3.29. The Bertz CT molecular complexity index is 633. The number of anilines is 2. The van der Waals surface area contributed by atoms with Crippen LogP contribution >= 0.6 is 0 Å². The van der Waals surface area contributed by atoms with Gasteiger partial charge in [-0.3, -0.25) is 9.59 Å². The minimum atomic E-state index is -0.478. The molecule has 122 valence electrons. The van der Waals surface area contributed by atoms with Crippen molar-refractivity contribution >= 4 is 23.2 Å². The van der Waals surface area contributed by atoms with Gasteiger partial charge in [0, 0.05) is 24.6 Å². The number of nitrogens with zero attached hydrogens (tertiary/aromatic N) is 1. The molecule has 1 atom stereocenters. The molecule has 0 radical (unpaired) electrons. The second kappa shape index (κ2) is 6.86. The first kappa shape index (κ1) is 15.6. The van der Waals surface area contributed by atoms with E-state index >= 15 is 0 Å². The molecular formula is C18H23N3O2. The van der Waals surface area contributed by atoms with Crippen molar-refractivity contribution in [2.45, 2.75) is 32.1 Å². The zero-order valence-corrected chi connectivity index (χ0v) is 13.3. The van der Waals surface area contributed by atoms with E-state index in [1.807, 2.05) is 6.07 Å². The Balaban J connectivity index is 1.84. The number of allylic oxidation sites excluding steroid dienone is 2. The molecule has 1 aliphatic heterocycles. The lowest BCUT2D eigenvalue weighted by Crippen LogP contribution is -2.26. The number of nitrogens with one attached hydrogen (secondary N) is 1. The highest BCUT2D eigenvalue weighted by Gasteiger charge is 2.22. The van der Waals surface area contributed by atoms with Crippen LogP contribution in [-0.4, -0.2) is 24.9 Å². The molecule has 0 bridgehead atoms. The summed E-state index contributed by atoms with van der Waals surface area (Å²) in [6.45, 7) is 1.95. The van der Waals surface area contributed by atoms with Crippen molar-refractivity contribution in [1.29, 1.82) is 0 Å². The molecule has 5 nitrogen and oxygen atoms in total. The molecule has 0 aromatic heterocycles. The van der Waals surface area contributed by atoms with E-state index in [4.69, 9.17) is 5.73 Å². The van der Waals surface area contributed by atoms with E-state index in [0.29, 0.717) is 11.3 Å². The van der Waals surface area contributed by atoms with Crippen LogP contribution in [0.15, 0.2) is 30.4 Å². The largest absolute Gasteiger partial charge is 0.370 e. The monoisotopic (exact) mass is 313 g/mol. The molecule has 0 spiro atoms. The second-order valence-corrected chi connectivity index (χ2v) is 6.26. The average Bonchev–Trinajstić information content (AvgIpc) is 3.09. The predicted octanol–water partition coefficient (Wildman–Crippen LogP) is 2.68. The van der Waals surface area contributed by atoms with Gasteiger partial charge in [0.05, 0.1) is 11.4 Å². The summed E-state index contributed by atoms with van der Waals surface area (Å²) < 4.78 is 0. The molecule has 0 saturated carbocycles. The van der Waals surface area contributed by atoms with Crippen LogP contribution in [0.3, 0.4) is 0 Å². The van der Waals surface area contributed by atoms with E-state index in [2.05, 4.69) is 22.4 Å². The molecule has 2 aliphatic rings. The Morgan fingerprint density at radius 1 is 1.17 bits per heavy atom. The van der Waals surface area contributed by atoms with Crippen LogP contribution in [0.2, 0.25) is 0 Å². The van der Waals surface area contributed by atoms with Crippen molar-refractivity contribution in [2.75, 3.05) is 23.3 Å². The van der Waals surface area contributed by atoms with E-state index in [1.165, 1.54) is 0 Å². The van der Waals surface area contributed by atoms with Crippen LogP contribution in [0.25, 0.3) is 0 Å². The molecular weight excluding hydrogens is 290 g/mol. The summed E-state index contributed by atoms with van der Waals surface area (Å²) in [7, 11) is 0. The molecule has 1 saturated heterocycles. The number of carbonyl (C=O) groups is 2. The first-order valence-corrected chi connectivity index (χ1v) is 8.30. The summed E-state index contributed by atoms with van der Waals surface area (Å²) in [4.78, 5) is 26.2. The van der Waals surface area contributed by atoms with Crippen LogP contribution < -0.4 is 16.0 Å². The zero-order valence-electron chi connectivity index (χ0n) is 13.3. The number of benzene rings is 1. The van der Waals surface area contributed by atoms with E-state index in [0.717, 1.165) is 50.9 Å². The second-order valence-electron chi connectivity index (χ2n) is 6.26. The van der Waals surface area contributed by atoms with E-state index in [1.54, 1.807) is 12.1 Å². The average molecular weight is 313 g/mol. The predicted molar refractivity (Wildman–Crippen MR) is 91.5 cm³/mol. The number of primary amides is 1. The lowest BCUT2D eigenvalue weighted by Gasteiger charge is -2.24. The number of carbonyl (C=O) groups excluding carboxylic acids is 2. The van der Waals surface area contributed by atoms with Gasteiger partial charge >= 0.3 is 0 Å². The third-order valence-electron chi connectivity index (χ3n) is 4.63. The van der Waals surface area contributed by atoms with Gasteiger partial charge in [-0.15, -0.1) is 0 Å². The Morgan fingerprint density at radius 3 is 2.61 bits per heavy atom. The number of amides is 2. The molecule has 3 N–H and O–H groups in total. The molecule has 1 heterocycles. The van der Waals surface area contributed by atoms with Gasteiger partial charge in [-0.05, 0) is 50.3 Å². The number of nitrogens with two attached hydrogens (primary N) is 1. The van der Waals surface area contributed by atoms with Gasteiger partial charge in [-0.2, -0.15) is 0 Å². The molecule has 23 heavy (non-hydrogen) atoms. The van der Waals surface area contributed by atoms with Crippen molar-refractivity contribution in [1.82, 2.24) is 0 Å². The Kier molecular flexibility index (Phi) is 4.65. The lowest BCUT2D eigenvalue weighted by atomic mass is 9.93. The molecule has 2 amide bonds. The highest BCUT2D eigenvalue weighted by atomic mass is 16.2. The third kappa shape index (κ3) is 3.55. The van der Waals surface area contributed by atoms with E-state index < -0.39 is 5.91 Å². The molecule has 1 aliphatic carbocycles. The van der Waals surface area contributed by atoms with Gasteiger partial charge in [-0.1, -0.05) is 12.2 Å². The quantitative estimate of drug-likeness (QED) is 0.839. The van der Waals surface area contributed by atoms with Crippen LogP contribution in [0.5, 0.6) is 0 Å². The maximum absolute atomic E-state index is 12.5. The summed E-state index contributed by atoms with van der Waals surface area (Å²) in [5.41, 5.74) is 7.48. The summed E-state index contributed by atoms with van der Waals surface area (Å²) in [6, 6.07) is 5.32. The standard InChI is InChI=1S/C18H23N3O2/c19-17(22)14-8-9-16(21-10-4-5-11-21)15(12-14)20-18(23)13-6-2-1-3-7-13/h1-2,8-9,12-13H,3-7,10-11H2,(H2,19,22)(H,20,23). The molecule has 1 aromatic rings. The van der Waals surface area contributed by atoms with Gasteiger partial charge in [0.15, 0.2) is 0 Å². The van der Waals surface area contributed by atoms with Crippen molar-refractivity contribution in [3.63, 3.8) is 0 Å². The van der Waals surface area contributed by atoms with Gasteiger partial charge in [0.2, 0.25) is 11.8 Å².